The molecule has 0 radical (unpaired) electrons. The van der Waals surface area contributed by atoms with Crippen molar-refractivity contribution in [1.82, 2.24) is 0 Å². The third kappa shape index (κ3) is 1.78. The molecule has 5 heteroatoms. The Hall–Kier alpha value is -0.740. The summed E-state index contributed by atoms with van der Waals surface area (Å²) in [7, 11) is 0. The van der Waals surface area contributed by atoms with E-state index >= 15 is 0 Å². The zero-order valence-electron chi connectivity index (χ0n) is 6.74. The van der Waals surface area contributed by atoms with Gasteiger partial charge in [-0.2, -0.15) is 0 Å². The molecule has 0 spiro atoms. The Kier molecular flexibility index (Phi) is 2.83. The minimum atomic E-state index is -1.13. The van der Waals surface area contributed by atoms with Crippen LogP contribution < -0.4 is 5.73 Å². The molecule has 0 amide bonds. The zero-order chi connectivity index (χ0) is 10.2. The van der Waals surface area contributed by atoms with E-state index in [0.717, 1.165) is 0 Å². The SMILES string of the molecule is C[C@@H](N)c1c(F)cc(F)c(Cl)c1F. The number of benzene rings is 1. The van der Waals surface area contributed by atoms with Crippen LogP contribution in [0, 0.1) is 17.5 Å². The molecule has 0 bridgehead atoms. The second-order valence-corrected chi connectivity index (χ2v) is 3.05. The van der Waals surface area contributed by atoms with Gasteiger partial charge in [-0.15, -0.1) is 0 Å². The van der Waals surface area contributed by atoms with Gasteiger partial charge >= 0.3 is 0 Å². The lowest BCUT2D eigenvalue weighted by Gasteiger charge is -2.09. The van der Waals surface area contributed by atoms with Crippen LogP contribution in [0.2, 0.25) is 5.02 Å². The smallest absolute Gasteiger partial charge is 0.152 e. The molecule has 1 aromatic carbocycles. The summed E-state index contributed by atoms with van der Waals surface area (Å²) in [6.07, 6.45) is 0. The molecular weight excluding hydrogens is 203 g/mol. The topological polar surface area (TPSA) is 26.0 Å². The van der Waals surface area contributed by atoms with Gasteiger partial charge in [0.25, 0.3) is 0 Å². The molecule has 0 aliphatic carbocycles. The van der Waals surface area contributed by atoms with Gasteiger partial charge in [-0.3, -0.25) is 0 Å². The molecule has 1 aromatic rings. The first-order chi connectivity index (χ1) is 5.95. The summed E-state index contributed by atoms with van der Waals surface area (Å²) < 4.78 is 38.6. The minimum absolute atomic E-state index is 0.397. The third-order valence-corrected chi connectivity index (χ3v) is 1.95. The Bertz CT molecular complexity index is 339. The van der Waals surface area contributed by atoms with Gasteiger partial charge in [-0.25, -0.2) is 13.2 Å². The van der Waals surface area contributed by atoms with E-state index in [1.165, 1.54) is 6.92 Å². The maximum Gasteiger partial charge on any atom is 0.152 e. The highest BCUT2D eigenvalue weighted by molar-refractivity contribution is 6.30. The van der Waals surface area contributed by atoms with Crippen molar-refractivity contribution in [3.8, 4) is 0 Å². The second kappa shape index (κ2) is 3.55. The quantitative estimate of drug-likeness (QED) is 0.559. The van der Waals surface area contributed by atoms with E-state index in [0.29, 0.717) is 6.07 Å². The molecule has 13 heavy (non-hydrogen) atoms. The van der Waals surface area contributed by atoms with E-state index in [4.69, 9.17) is 17.3 Å². The molecule has 2 N–H and O–H groups in total. The van der Waals surface area contributed by atoms with Gasteiger partial charge in [-0.1, -0.05) is 11.6 Å². The zero-order valence-corrected chi connectivity index (χ0v) is 7.50. The first kappa shape index (κ1) is 10.3. The molecule has 0 unspecified atom stereocenters. The number of halogens is 4. The van der Waals surface area contributed by atoms with Crippen LogP contribution in [0.25, 0.3) is 0 Å². The first-order valence-corrected chi connectivity index (χ1v) is 3.91. The molecule has 0 aliphatic rings. The fourth-order valence-electron chi connectivity index (χ4n) is 0.998. The summed E-state index contributed by atoms with van der Waals surface area (Å²) in [4.78, 5) is 0. The van der Waals surface area contributed by atoms with Crippen molar-refractivity contribution in [3.05, 3.63) is 34.1 Å². The molecule has 0 saturated carbocycles. The van der Waals surface area contributed by atoms with E-state index in [9.17, 15) is 13.2 Å². The van der Waals surface area contributed by atoms with Crippen molar-refractivity contribution in [3.63, 3.8) is 0 Å². The predicted octanol–water partition coefficient (Wildman–Crippen LogP) is 2.78. The van der Waals surface area contributed by atoms with Crippen molar-refractivity contribution >= 4 is 11.6 Å². The molecule has 0 fully saturated rings. The lowest BCUT2D eigenvalue weighted by atomic mass is 10.1. The molecule has 0 aliphatic heterocycles. The van der Waals surface area contributed by atoms with Gasteiger partial charge in [0.1, 0.15) is 16.7 Å². The first-order valence-electron chi connectivity index (χ1n) is 3.53. The molecule has 0 aromatic heterocycles. The molecular formula is C8H7ClF3N. The van der Waals surface area contributed by atoms with Crippen molar-refractivity contribution in [2.75, 3.05) is 0 Å². The summed E-state index contributed by atoms with van der Waals surface area (Å²) >= 11 is 5.23. The standard InChI is InChI=1S/C8H7ClF3N/c1-3(13)6-4(10)2-5(11)7(9)8(6)12/h2-3H,13H2,1H3/t3-/m1/s1. The Morgan fingerprint density at radius 1 is 1.31 bits per heavy atom. The minimum Gasteiger partial charge on any atom is -0.324 e. The van der Waals surface area contributed by atoms with Gasteiger partial charge in [0.2, 0.25) is 0 Å². The largest absolute Gasteiger partial charge is 0.324 e. The van der Waals surface area contributed by atoms with Crippen LogP contribution >= 0.6 is 11.6 Å². The fourth-order valence-corrected chi connectivity index (χ4v) is 1.15. The number of hydrogen-bond acceptors (Lipinski definition) is 1. The summed E-state index contributed by atoms with van der Waals surface area (Å²) in [5.41, 5.74) is 4.88. The summed E-state index contributed by atoms with van der Waals surface area (Å²) in [5.74, 6) is -3.27. The van der Waals surface area contributed by atoms with Crippen molar-refractivity contribution in [2.45, 2.75) is 13.0 Å². The van der Waals surface area contributed by atoms with Crippen molar-refractivity contribution in [2.24, 2.45) is 5.73 Å². The van der Waals surface area contributed by atoms with Crippen LogP contribution in [-0.4, -0.2) is 0 Å². The van der Waals surface area contributed by atoms with Crippen LogP contribution in [0.1, 0.15) is 18.5 Å². The molecule has 1 nitrogen and oxygen atoms in total. The average Bonchev–Trinajstić information content (AvgIpc) is 1.99. The second-order valence-electron chi connectivity index (χ2n) is 2.67. The Morgan fingerprint density at radius 3 is 2.31 bits per heavy atom. The Balaban J connectivity index is 3.44. The molecule has 0 heterocycles. The van der Waals surface area contributed by atoms with E-state index in [-0.39, 0.29) is 0 Å². The highest BCUT2D eigenvalue weighted by Crippen LogP contribution is 2.27. The number of rotatable bonds is 1. The van der Waals surface area contributed by atoms with Crippen molar-refractivity contribution < 1.29 is 13.2 Å². The molecule has 1 rings (SSSR count). The van der Waals surface area contributed by atoms with Crippen LogP contribution in [0.5, 0.6) is 0 Å². The summed E-state index contributed by atoms with van der Waals surface area (Å²) in [6.45, 7) is 1.38. The van der Waals surface area contributed by atoms with Gasteiger partial charge in [0, 0.05) is 17.7 Å². The number of hydrogen-bond donors (Lipinski definition) is 1. The third-order valence-electron chi connectivity index (χ3n) is 1.60. The van der Waals surface area contributed by atoms with Gasteiger partial charge in [0.05, 0.1) is 0 Å². The van der Waals surface area contributed by atoms with E-state index in [1.807, 2.05) is 0 Å². The van der Waals surface area contributed by atoms with Crippen LogP contribution in [0.3, 0.4) is 0 Å². The average molecular weight is 210 g/mol. The van der Waals surface area contributed by atoms with E-state index in [2.05, 4.69) is 0 Å². The molecule has 72 valence electrons. The maximum atomic E-state index is 13.1. The molecule has 1 atom stereocenters. The summed E-state index contributed by atoms with van der Waals surface area (Å²) in [5, 5.41) is -0.728. The van der Waals surface area contributed by atoms with Crippen molar-refractivity contribution in [1.29, 1.82) is 0 Å². The maximum absolute atomic E-state index is 13.1. The normalized spacial score (nSPS) is 13.1. The Morgan fingerprint density at radius 2 is 1.85 bits per heavy atom. The van der Waals surface area contributed by atoms with Crippen LogP contribution in [-0.2, 0) is 0 Å². The predicted molar refractivity (Wildman–Crippen MR) is 43.9 cm³/mol. The van der Waals surface area contributed by atoms with Gasteiger partial charge in [0.15, 0.2) is 5.82 Å². The van der Waals surface area contributed by atoms with E-state index in [1.54, 1.807) is 0 Å². The van der Waals surface area contributed by atoms with E-state index < -0.39 is 34.1 Å². The lowest BCUT2D eigenvalue weighted by molar-refractivity contribution is 0.511. The lowest BCUT2D eigenvalue weighted by Crippen LogP contribution is -2.11. The highest BCUT2D eigenvalue weighted by Gasteiger charge is 2.19. The monoisotopic (exact) mass is 209 g/mol. The molecule has 0 saturated heterocycles. The fraction of sp³-hybridized carbons (Fsp3) is 0.250. The van der Waals surface area contributed by atoms with Crippen LogP contribution in [0.4, 0.5) is 13.2 Å². The van der Waals surface area contributed by atoms with Gasteiger partial charge < -0.3 is 5.73 Å². The van der Waals surface area contributed by atoms with Crippen LogP contribution in [0.15, 0.2) is 6.07 Å². The summed E-state index contributed by atoms with van der Waals surface area (Å²) in [6, 6.07) is -0.345. The Labute approximate surface area is 78.3 Å². The van der Waals surface area contributed by atoms with Gasteiger partial charge in [-0.05, 0) is 6.92 Å². The number of nitrogens with two attached hydrogens (primary N) is 1. The highest BCUT2D eigenvalue weighted by atomic mass is 35.5.